The molecule has 176 valence electrons. The summed E-state index contributed by atoms with van der Waals surface area (Å²) >= 11 is 6.02. The lowest BCUT2D eigenvalue weighted by Crippen LogP contribution is -2.46. The Morgan fingerprint density at radius 3 is 2.55 bits per heavy atom. The van der Waals surface area contributed by atoms with Gasteiger partial charge in [0.15, 0.2) is 11.5 Å². The van der Waals surface area contributed by atoms with Crippen molar-refractivity contribution in [3.05, 3.63) is 22.8 Å². The highest BCUT2D eigenvalue weighted by Crippen LogP contribution is 2.61. The molecule has 5 rings (SSSR count). The SMILES string of the molecule is CCOC(=O)C1=NO[C@H]2[C@@H]3C[C@@H]([C@@H]12)[C@H]1C(=O)N(N(C)c2ncc(C(F)(F)F)cc2Cl)C(=O)[C@H]31. The van der Waals surface area contributed by atoms with Gasteiger partial charge in [0.25, 0.3) is 11.8 Å². The van der Waals surface area contributed by atoms with E-state index in [1.54, 1.807) is 6.92 Å². The van der Waals surface area contributed by atoms with Crippen LogP contribution in [0.15, 0.2) is 17.4 Å². The van der Waals surface area contributed by atoms with E-state index in [1.807, 2.05) is 0 Å². The van der Waals surface area contributed by atoms with Crippen molar-refractivity contribution in [2.24, 2.45) is 34.7 Å². The summed E-state index contributed by atoms with van der Waals surface area (Å²) in [5.74, 6) is -4.32. The highest BCUT2D eigenvalue weighted by atomic mass is 35.5. The second kappa shape index (κ2) is 7.31. The fraction of sp³-hybridized carbons (Fsp3) is 0.550. The lowest BCUT2D eigenvalue weighted by Gasteiger charge is -2.29. The highest BCUT2D eigenvalue weighted by molar-refractivity contribution is 6.38. The van der Waals surface area contributed by atoms with E-state index in [2.05, 4.69) is 10.1 Å². The van der Waals surface area contributed by atoms with E-state index < -0.39 is 53.4 Å². The van der Waals surface area contributed by atoms with Gasteiger partial charge in [-0.05, 0) is 25.3 Å². The molecular weight excluding hydrogens is 469 g/mol. The van der Waals surface area contributed by atoms with Crippen LogP contribution >= 0.6 is 11.6 Å². The Kier molecular flexibility index (Phi) is 4.86. The third kappa shape index (κ3) is 3.02. The predicted molar refractivity (Wildman–Crippen MR) is 106 cm³/mol. The number of halogens is 4. The lowest BCUT2D eigenvalue weighted by molar-refractivity contribution is -0.142. The lowest BCUT2D eigenvalue weighted by atomic mass is 9.72. The van der Waals surface area contributed by atoms with Gasteiger partial charge < -0.3 is 9.57 Å². The molecule has 0 N–H and O–H groups in total. The van der Waals surface area contributed by atoms with Crippen LogP contribution in [0.5, 0.6) is 0 Å². The van der Waals surface area contributed by atoms with Crippen LogP contribution in [-0.2, 0) is 30.1 Å². The summed E-state index contributed by atoms with van der Waals surface area (Å²) in [6, 6.07) is 0.691. The zero-order valence-electron chi connectivity index (χ0n) is 17.4. The summed E-state index contributed by atoms with van der Waals surface area (Å²) in [5.41, 5.74) is -0.929. The summed E-state index contributed by atoms with van der Waals surface area (Å²) in [7, 11) is 1.34. The molecule has 2 aliphatic heterocycles. The van der Waals surface area contributed by atoms with Crippen molar-refractivity contribution in [2.75, 3.05) is 18.7 Å². The van der Waals surface area contributed by atoms with Gasteiger partial charge in [0.05, 0.1) is 34.9 Å². The number of hydrazine groups is 1. The summed E-state index contributed by atoms with van der Waals surface area (Å²) in [4.78, 5) is 48.1. The molecule has 1 aromatic heterocycles. The number of nitrogens with zero attached hydrogens (tertiary/aromatic N) is 4. The maximum absolute atomic E-state index is 13.3. The number of rotatable bonds is 4. The number of carbonyl (C=O) groups is 3. The quantitative estimate of drug-likeness (QED) is 0.475. The number of hydrogen-bond acceptors (Lipinski definition) is 8. The van der Waals surface area contributed by atoms with Gasteiger partial charge in [0.2, 0.25) is 0 Å². The second-order valence-electron chi connectivity index (χ2n) is 8.45. The molecule has 2 amide bonds. The van der Waals surface area contributed by atoms with Gasteiger partial charge in [-0.1, -0.05) is 16.8 Å². The van der Waals surface area contributed by atoms with Gasteiger partial charge >= 0.3 is 12.1 Å². The van der Waals surface area contributed by atoms with Crippen molar-refractivity contribution in [1.29, 1.82) is 0 Å². The van der Waals surface area contributed by atoms with E-state index in [0.29, 0.717) is 18.7 Å². The topological polar surface area (TPSA) is 101 Å². The van der Waals surface area contributed by atoms with Crippen LogP contribution in [0.4, 0.5) is 19.0 Å². The van der Waals surface area contributed by atoms with Gasteiger partial charge in [-0.15, -0.1) is 0 Å². The largest absolute Gasteiger partial charge is 0.461 e. The number of esters is 1. The normalized spacial score (nSPS) is 31.9. The van der Waals surface area contributed by atoms with Crippen LogP contribution in [0.2, 0.25) is 5.02 Å². The zero-order chi connectivity index (χ0) is 23.8. The molecule has 9 nitrogen and oxygen atoms in total. The number of hydrogen-bond donors (Lipinski definition) is 0. The summed E-state index contributed by atoms with van der Waals surface area (Å²) in [5, 5.41) is 5.46. The fourth-order valence-corrected chi connectivity index (χ4v) is 5.98. The Bertz CT molecular complexity index is 1100. The molecule has 13 heteroatoms. The standard InChI is InChI=1S/C20H18ClF3N4O5/c1-3-32-19(31)14-13-8-5-9(15(13)33-26-14)12-11(8)17(29)28(18(12)30)27(2)16-10(21)4-7(6-25-16)20(22,23)24/h4,6,8-9,11-13,15H,3,5H2,1-2H3/t8-,9-,11-,12-,13+,15+/m1/s1. The van der Waals surface area contributed by atoms with E-state index in [0.717, 1.165) is 10.0 Å². The van der Waals surface area contributed by atoms with Crippen LogP contribution in [0.25, 0.3) is 0 Å². The first-order valence-electron chi connectivity index (χ1n) is 10.3. The number of oxime groups is 1. The number of amides is 2. The molecule has 3 heterocycles. The Hall–Kier alpha value is -2.89. The van der Waals surface area contributed by atoms with Crippen molar-refractivity contribution in [3.8, 4) is 0 Å². The molecule has 33 heavy (non-hydrogen) atoms. The maximum Gasteiger partial charge on any atom is 0.417 e. The number of aromatic nitrogens is 1. The minimum atomic E-state index is -4.64. The van der Waals surface area contributed by atoms with Crippen LogP contribution in [-0.4, -0.2) is 53.2 Å². The first-order valence-corrected chi connectivity index (χ1v) is 10.7. The Morgan fingerprint density at radius 1 is 1.27 bits per heavy atom. The van der Waals surface area contributed by atoms with E-state index in [1.165, 1.54) is 7.05 Å². The number of imide groups is 1. The monoisotopic (exact) mass is 486 g/mol. The van der Waals surface area contributed by atoms with E-state index in [-0.39, 0.29) is 35.0 Å². The molecule has 0 unspecified atom stereocenters. The van der Waals surface area contributed by atoms with Gasteiger partial charge in [-0.3, -0.25) is 14.6 Å². The number of pyridine rings is 1. The third-order valence-corrected chi connectivity index (χ3v) is 7.19. The number of fused-ring (bicyclic) bond motifs is 8. The molecule has 4 aliphatic rings. The smallest absolute Gasteiger partial charge is 0.417 e. The second-order valence-corrected chi connectivity index (χ2v) is 8.85. The first-order chi connectivity index (χ1) is 15.6. The molecule has 0 radical (unpaired) electrons. The molecule has 2 saturated carbocycles. The minimum Gasteiger partial charge on any atom is -0.461 e. The highest BCUT2D eigenvalue weighted by Gasteiger charge is 2.71. The Balaban J connectivity index is 1.42. The van der Waals surface area contributed by atoms with Crippen molar-refractivity contribution in [3.63, 3.8) is 0 Å². The van der Waals surface area contributed by atoms with Crippen molar-refractivity contribution < 1.29 is 37.1 Å². The molecule has 3 fully saturated rings. The van der Waals surface area contributed by atoms with Gasteiger partial charge in [-0.2, -0.15) is 18.2 Å². The van der Waals surface area contributed by atoms with Crippen molar-refractivity contribution in [1.82, 2.24) is 9.99 Å². The van der Waals surface area contributed by atoms with Crippen molar-refractivity contribution in [2.45, 2.75) is 25.6 Å². The molecule has 0 spiro atoms. The van der Waals surface area contributed by atoms with Gasteiger partial charge in [-0.25, -0.2) is 9.78 Å². The molecule has 2 bridgehead atoms. The summed E-state index contributed by atoms with van der Waals surface area (Å²) in [6.45, 7) is 1.82. The molecule has 0 aromatic carbocycles. The average Bonchev–Trinajstić information content (AvgIpc) is 3.47. The van der Waals surface area contributed by atoms with Crippen LogP contribution < -0.4 is 5.01 Å². The first kappa shape index (κ1) is 21.9. The molecule has 1 saturated heterocycles. The number of ether oxygens (including phenoxy) is 1. The molecule has 2 aliphatic carbocycles. The molecule has 1 aromatic rings. The Labute approximate surface area is 190 Å². The average molecular weight is 487 g/mol. The predicted octanol–water partition coefficient (Wildman–Crippen LogP) is 2.29. The van der Waals surface area contributed by atoms with Crippen LogP contribution in [0.3, 0.4) is 0 Å². The third-order valence-electron chi connectivity index (χ3n) is 6.91. The Morgan fingerprint density at radius 2 is 1.94 bits per heavy atom. The molecule has 6 atom stereocenters. The van der Waals surface area contributed by atoms with E-state index in [9.17, 15) is 27.6 Å². The fourth-order valence-electron chi connectivity index (χ4n) is 5.70. The van der Waals surface area contributed by atoms with Crippen molar-refractivity contribution >= 4 is 40.9 Å². The minimum absolute atomic E-state index is 0.118. The zero-order valence-corrected chi connectivity index (χ0v) is 18.1. The maximum atomic E-state index is 13.3. The van der Waals surface area contributed by atoms with Gasteiger partial charge in [0, 0.05) is 19.2 Å². The summed E-state index contributed by atoms with van der Waals surface area (Å²) < 4.78 is 43.9. The number of carbonyl (C=O) groups excluding carboxylic acids is 3. The van der Waals surface area contributed by atoms with Crippen LogP contribution in [0.1, 0.15) is 18.9 Å². The summed E-state index contributed by atoms with van der Waals surface area (Å²) in [6.07, 6.45) is -4.03. The number of anilines is 1. The van der Waals surface area contributed by atoms with E-state index in [4.69, 9.17) is 21.2 Å². The van der Waals surface area contributed by atoms with E-state index >= 15 is 0 Å². The van der Waals surface area contributed by atoms with Gasteiger partial charge in [0.1, 0.15) is 6.10 Å². The number of alkyl halides is 3. The van der Waals surface area contributed by atoms with Crippen LogP contribution in [0, 0.1) is 29.6 Å². The molecular formula is C20H18ClF3N4O5.